The topological polar surface area (TPSA) is 50.5 Å². The van der Waals surface area contributed by atoms with E-state index in [1.165, 1.54) is 11.3 Å². The first-order chi connectivity index (χ1) is 11.5. The normalized spacial score (nSPS) is 12.6. The van der Waals surface area contributed by atoms with Gasteiger partial charge in [0.25, 0.3) is 0 Å². The van der Waals surface area contributed by atoms with Crippen LogP contribution in [0.4, 0.5) is 0 Å². The largest absolute Gasteiger partial charge is 0.497 e. The maximum absolute atomic E-state index is 9.89. The summed E-state index contributed by atoms with van der Waals surface area (Å²) in [6.07, 6.45) is 1.07. The Hall–Kier alpha value is -1.85. The van der Waals surface area contributed by atoms with Crippen LogP contribution in [0.25, 0.3) is 0 Å². The lowest BCUT2D eigenvalue weighted by Gasteiger charge is -2.27. The summed E-state index contributed by atoms with van der Waals surface area (Å²) in [6, 6.07) is 7.83. The number of aliphatic hydroxyl groups excluding tert-OH is 1. The molecule has 1 atom stereocenters. The summed E-state index contributed by atoms with van der Waals surface area (Å²) in [5, 5.41) is 14.5. The van der Waals surface area contributed by atoms with E-state index in [1.54, 1.807) is 7.11 Å². The fraction of sp³-hybridized carbons (Fsp3) is 0.526. The zero-order chi connectivity index (χ0) is 17.7. The van der Waals surface area contributed by atoms with Gasteiger partial charge in [-0.3, -0.25) is 9.58 Å². The lowest BCUT2D eigenvalue weighted by molar-refractivity contribution is 0.142. The van der Waals surface area contributed by atoms with Gasteiger partial charge in [-0.15, -0.1) is 0 Å². The highest BCUT2D eigenvalue weighted by atomic mass is 16.5. The van der Waals surface area contributed by atoms with Crippen LogP contribution in [0.3, 0.4) is 0 Å². The number of nitrogens with zero attached hydrogens (tertiary/aromatic N) is 3. The van der Waals surface area contributed by atoms with Crippen molar-refractivity contribution >= 4 is 0 Å². The quantitative estimate of drug-likeness (QED) is 0.807. The molecule has 5 heteroatoms. The standard InChI is InChI=1S/C19H29N3O2/c1-6-11-22-15(3)18(14(2)20-22)12-21(4)19(13-23)16-7-9-17(24-5)10-8-16/h7-10,19,23H,6,11-13H2,1-5H3. The number of hydrogen-bond donors (Lipinski definition) is 1. The first-order valence-corrected chi connectivity index (χ1v) is 8.49. The van der Waals surface area contributed by atoms with Gasteiger partial charge in [-0.05, 0) is 45.0 Å². The third-order valence-corrected chi connectivity index (χ3v) is 4.58. The van der Waals surface area contributed by atoms with Gasteiger partial charge in [0.1, 0.15) is 5.75 Å². The van der Waals surface area contributed by atoms with E-state index in [4.69, 9.17) is 4.74 Å². The minimum absolute atomic E-state index is 0.0516. The number of ether oxygens (including phenoxy) is 1. The van der Waals surface area contributed by atoms with Gasteiger partial charge in [-0.1, -0.05) is 19.1 Å². The molecule has 1 aromatic carbocycles. The first kappa shape index (κ1) is 18.5. The smallest absolute Gasteiger partial charge is 0.118 e. The van der Waals surface area contributed by atoms with Gasteiger partial charge < -0.3 is 9.84 Å². The van der Waals surface area contributed by atoms with Crippen molar-refractivity contribution < 1.29 is 9.84 Å². The molecule has 0 aliphatic rings. The van der Waals surface area contributed by atoms with E-state index in [2.05, 4.69) is 35.5 Å². The van der Waals surface area contributed by atoms with Crippen molar-refractivity contribution in [2.75, 3.05) is 20.8 Å². The number of hydrogen-bond acceptors (Lipinski definition) is 4. The van der Waals surface area contributed by atoms with Crippen molar-refractivity contribution in [2.24, 2.45) is 0 Å². The number of likely N-dealkylation sites (N-methyl/N-ethyl adjacent to an activating group) is 1. The fourth-order valence-corrected chi connectivity index (χ4v) is 3.08. The number of benzene rings is 1. The lowest BCUT2D eigenvalue weighted by atomic mass is 10.0. The Kier molecular flexibility index (Phi) is 6.40. The van der Waals surface area contributed by atoms with Crippen LogP contribution >= 0.6 is 0 Å². The Morgan fingerprint density at radius 1 is 1.25 bits per heavy atom. The second-order valence-electron chi connectivity index (χ2n) is 6.26. The van der Waals surface area contributed by atoms with Crippen molar-refractivity contribution in [3.8, 4) is 5.75 Å². The van der Waals surface area contributed by atoms with Crippen LogP contribution in [0.5, 0.6) is 5.75 Å². The molecule has 1 N–H and O–H groups in total. The molecule has 1 unspecified atom stereocenters. The third kappa shape index (κ3) is 3.97. The highest BCUT2D eigenvalue weighted by Crippen LogP contribution is 2.25. The predicted molar refractivity (Wildman–Crippen MR) is 96.3 cm³/mol. The third-order valence-electron chi connectivity index (χ3n) is 4.58. The van der Waals surface area contributed by atoms with E-state index in [1.807, 2.05) is 31.3 Å². The molecule has 0 aliphatic carbocycles. The molecule has 0 bridgehead atoms. The molecular weight excluding hydrogens is 302 g/mol. The fourth-order valence-electron chi connectivity index (χ4n) is 3.08. The molecule has 0 saturated carbocycles. The van der Waals surface area contributed by atoms with Crippen LogP contribution < -0.4 is 4.74 Å². The molecule has 0 radical (unpaired) electrons. The summed E-state index contributed by atoms with van der Waals surface area (Å²) in [7, 11) is 3.70. The van der Waals surface area contributed by atoms with E-state index >= 15 is 0 Å². The van der Waals surface area contributed by atoms with Gasteiger partial charge in [0, 0.05) is 24.3 Å². The molecule has 2 rings (SSSR count). The summed E-state index contributed by atoms with van der Waals surface area (Å²) in [4.78, 5) is 2.18. The number of aromatic nitrogens is 2. The van der Waals surface area contributed by atoms with Crippen molar-refractivity contribution in [1.82, 2.24) is 14.7 Å². The molecule has 0 amide bonds. The number of aryl methyl sites for hydroxylation is 2. The molecule has 0 saturated heterocycles. The SMILES string of the molecule is CCCn1nc(C)c(CN(C)C(CO)c2ccc(OC)cc2)c1C. The van der Waals surface area contributed by atoms with Gasteiger partial charge in [0.15, 0.2) is 0 Å². The van der Waals surface area contributed by atoms with Crippen molar-refractivity contribution in [3.63, 3.8) is 0 Å². The Balaban J connectivity index is 2.18. The van der Waals surface area contributed by atoms with Crippen molar-refractivity contribution in [1.29, 1.82) is 0 Å². The van der Waals surface area contributed by atoms with E-state index in [0.717, 1.165) is 36.5 Å². The average Bonchev–Trinajstić information content (AvgIpc) is 2.84. The Morgan fingerprint density at radius 2 is 1.92 bits per heavy atom. The first-order valence-electron chi connectivity index (χ1n) is 8.49. The second-order valence-corrected chi connectivity index (χ2v) is 6.26. The van der Waals surface area contributed by atoms with Gasteiger partial charge in [0.2, 0.25) is 0 Å². The van der Waals surface area contributed by atoms with Crippen LogP contribution in [0.2, 0.25) is 0 Å². The summed E-state index contributed by atoms with van der Waals surface area (Å²) < 4.78 is 7.29. The molecular formula is C19H29N3O2. The molecule has 1 heterocycles. The zero-order valence-electron chi connectivity index (χ0n) is 15.4. The molecule has 24 heavy (non-hydrogen) atoms. The van der Waals surface area contributed by atoms with Crippen molar-refractivity contribution in [3.05, 3.63) is 46.8 Å². The van der Waals surface area contributed by atoms with Crippen LogP contribution in [0.1, 0.15) is 41.9 Å². The predicted octanol–water partition coefficient (Wildman–Crippen LogP) is 3.08. The summed E-state index contributed by atoms with van der Waals surface area (Å²) in [6.45, 7) is 8.12. The van der Waals surface area contributed by atoms with Crippen LogP contribution in [0, 0.1) is 13.8 Å². The summed E-state index contributed by atoms with van der Waals surface area (Å²) in [5.41, 5.74) is 4.61. The van der Waals surface area contributed by atoms with Crippen LogP contribution in [0.15, 0.2) is 24.3 Å². The number of methoxy groups -OCH3 is 1. The van der Waals surface area contributed by atoms with Crippen molar-refractivity contribution in [2.45, 2.75) is 46.3 Å². The van der Waals surface area contributed by atoms with E-state index < -0.39 is 0 Å². The van der Waals surface area contributed by atoms with E-state index in [9.17, 15) is 5.11 Å². The molecule has 132 valence electrons. The van der Waals surface area contributed by atoms with Crippen LogP contribution in [-0.2, 0) is 13.1 Å². The van der Waals surface area contributed by atoms with E-state index in [0.29, 0.717) is 0 Å². The molecule has 2 aromatic rings. The second kappa shape index (κ2) is 8.31. The Bertz CT molecular complexity index is 649. The van der Waals surface area contributed by atoms with Gasteiger partial charge >= 0.3 is 0 Å². The van der Waals surface area contributed by atoms with E-state index in [-0.39, 0.29) is 12.6 Å². The molecule has 0 spiro atoms. The highest BCUT2D eigenvalue weighted by molar-refractivity contribution is 5.30. The summed E-state index contributed by atoms with van der Waals surface area (Å²) in [5.74, 6) is 0.825. The van der Waals surface area contributed by atoms with Crippen LogP contribution in [-0.4, -0.2) is 40.6 Å². The monoisotopic (exact) mass is 331 g/mol. The zero-order valence-corrected chi connectivity index (χ0v) is 15.4. The molecule has 0 fully saturated rings. The minimum Gasteiger partial charge on any atom is -0.497 e. The number of rotatable bonds is 8. The van der Waals surface area contributed by atoms with Gasteiger partial charge in [0.05, 0.1) is 25.5 Å². The lowest BCUT2D eigenvalue weighted by Crippen LogP contribution is -2.27. The Morgan fingerprint density at radius 3 is 2.46 bits per heavy atom. The summed E-state index contributed by atoms with van der Waals surface area (Å²) >= 11 is 0. The minimum atomic E-state index is -0.0516. The average molecular weight is 331 g/mol. The van der Waals surface area contributed by atoms with Gasteiger partial charge in [-0.25, -0.2) is 0 Å². The highest BCUT2D eigenvalue weighted by Gasteiger charge is 2.20. The number of aliphatic hydroxyl groups is 1. The molecule has 0 aliphatic heterocycles. The Labute approximate surface area is 144 Å². The van der Waals surface area contributed by atoms with Gasteiger partial charge in [-0.2, -0.15) is 5.10 Å². The maximum Gasteiger partial charge on any atom is 0.118 e. The molecule has 1 aromatic heterocycles. The molecule has 5 nitrogen and oxygen atoms in total. The maximum atomic E-state index is 9.89.